The summed E-state index contributed by atoms with van der Waals surface area (Å²) in [4.78, 5) is 26.4. The van der Waals surface area contributed by atoms with Crippen LogP contribution in [-0.4, -0.2) is 29.9 Å². The molecule has 0 atom stereocenters. The van der Waals surface area contributed by atoms with E-state index in [2.05, 4.69) is 10.6 Å². The molecular formula is C19H29N3O2. The Labute approximate surface area is 144 Å². The molecule has 0 spiro atoms. The summed E-state index contributed by atoms with van der Waals surface area (Å²) in [6.07, 6.45) is 5.33. The number of anilines is 2. The molecule has 24 heavy (non-hydrogen) atoms. The number of hydrogen-bond donors (Lipinski definition) is 2. The van der Waals surface area contributed by atoms with Gasteiger partial charge in [0.15, 0.2) is 0 Å². The van der Waals surface area contributed by atoms with E-state index in [1.807, 2.05) is 49.9 Å². The highest BCUT2D eigenvalue weighted by atomic mass is 16.2. The Balaban J connectivity index is 1.92. The maximum atomic E-state index is 12.3. The van der Waals surface area contributed by atoms with Gasteiger partial charge < -0.3 is 15.5 Å². The van der Waals surface area contributed by atoms with Gasteiger partial charge in [-0.2, -0.15) is 0 Å². The van der Waals surface area contributed by atoms with Gasteiger partial charge in [0.05, 0.1) is 0 Å². The largest absolute Gasteiger partial charge is 0.326 e. The molecule has 1 aromatic carbocycles. The Morgan fingerprint density at radius 2 is 1.46 bits per heavy atom. The van der Waals surface area contributed by atoms with Crippen molar-refractivity contribution in [2.45, 2.75) is 52.9 Å². The Bertz CT molecular complexity index is 558. The zero-order valence-electron chi connectivity index (χ0n) is 15.0. The third-order valence-corrected chi connectivity index (χ3v) is 4.79. The number of nitrogens with zero attached hydrogens (tertiary/aromatic N) is 1. The van der Waals surface area contributed by atoms with Gasteiger partial charge in [0.2, 0.25) is 5.91 Å². The normalized spacial score (nSPS) is 15.5. The van der Waals surface area contributed by atoms with E-state index in [4.69, 9.17) is 0 Å². The van der Waals surface area contributed by atoms with E-state index in [1.54, 1.807) is 0 Å². The van der Waals surface area contributed by atoms with Crippen LogP contribution in [-0.2, 0) is 4.79 Å². The highest BCUT2D eigenvalue weighted by Gasteiger charge is 2.25. The Morgan fingerprint density at radius 3 is 1.96 bits per heavy atom. The highest BCUT2D eigenvalue weighted by molar-refractivity contribution is 5.95. The van der Waals surface area contributed by atoms with Crippen molar-refractivity contribution in [3.63, 3.8) is 0 Å². The van der Waals surface area contributed by atoms with E-state index in [0.29, 0.717) is 0 Å². The molecule has 0 radical (unpaired) electrons. The molecule has 0 bridgehead atoms. The van der Waals surface area contributed by atoms with Gasteiger partial charge in [-0.05, 0) is 43.5 Å². The Morgan fingerprint density at radius 1 is 0.958 bits per heavy atom. The fraction of sp³-hybridized carbons (Fsp3) is 0.579. The van der Waals surface area contributed by atoms with Crippen LogP contribution < -0.4 is 10.6 Å². The molecule has 0 aromatic heterocycles. The fourth-order valence-electron chi connectivity index (χ4n) is 2.57. The van der Waals surface area contributed by atoms with Gasteiger partial charge in [-0.25, -0.2) is 4.79 Å². The average molecular weight is 331 g/mol. The molecule has 0 saturated carbocycles. The van der Waals surface area contributed by atoms with E-state index in [1.165, 1.54) is 12.8 Å². The molecule has 5 nitrogen and oxygen atoms in total. The van der Waals surface area contributed by atoms with Gasteiger partial charge in [0.1, 0.15) is 0 Å². The highest BCUT2D eigenvalue weighted by Crippen LogP contribution is 2.23. The zero-order chi connectivity index (χ0) is 17.6. The first-order valence-corrected chi connectivity index (χ1v) is 8.90. The van der Waals surface area contributed by atoms with Crippen molar-refractivity contribution < 1.29 is 9.59 Å². The number of carbonyl (C=O) groups excluding carboxylic acids is 2. The summed E-state index contributed by atoms with van der Waals surface area (Å²) in [5.41, 5.74) is 1.10. The number of carbonyl (C=O) groups is 2. The average Bonchev–Trinajstić information content (AvgIpc) is 2.86. The van der Waals surface area contributed by atoms with E-state index in [0.717, 1.165) is 43.7 Å². The number of nitrogens with one attached hydrogen (secondary N) is 2. The van der Waals surface area contributed by atoms with Crippen molar-refractivity contribution in [2.75, 3.05) is 23.7 Å². The molecule has 2 rings (SSSR count). The molecule has 3 amide bonds. The van der Waals surface area contributed by atoms with E-state index < -0.39 is 0 Å². The molecule has 1 saturated heterocycles. The van der Waals surface area contributed by atoms with E-state index >= 15 is 0 Å². The minimum atomic E-state index is -0.389. The van der Waals surface area contributed by atoms with Crippen LogP contribution in [0.5, 0.6) is 0 Å². The van der Waals surface area contributed by atoms with Crippen LogP contribution in [0.3, 0.4) is 0 Å². The van der Waals surface area contributed by atoms with Crippen molar-refractivity contribution >= 4 is 23.3 Å². The van der Waals surface area contributed by atoms with Crippen LogP contribution in [0, 0.1) is 5.41 Å². The first-order chi connectivity index (χ1) is 11.4. The van der Waals surface area contributed by atoms with Crippen molar-refractivity contribution in [1.82, 2.24) is 4.90 Å². The van der Waals surface area contributed by atoms with Gasteiger partial charge in [0, 0.05) is 29.9 Å². The quantitative estimate of drug-likeness (QED) is 0.855. The van der Waals surface area contributed by atoms with Crippen molar-refractivity contribution in [3.8, 4) is 0 Å². The zero-order valence-corrected chi connectivity index (χ0v) is 15.0. The van der Waals surface area contributed by atoms with Crippen molar-refractivity contribution in [1.29, 1.82) is 0 Å². The lowest BCUT2D eigenvalue weighted by Gasteiger charge is -2.22. The maximum Gasteiger partial charge on any atom is 0.321 e. The van der Waals surface area contributed by atoms with E-state index in [9.17, 15) is 9.59 Å². The third kappa shape index (κ3) is 4.98. The molecule has 1 aliphatic heterocycles. The monoisotopic (exact) mass is 331 g/mol. The predicted octanol–water partition coefficient (Wildman–Crippen LogP) is 4.47. The molecule has 1 fully saturated rings. The molecule has 0 aliphatic carbocycles. The van der Waals surface area contributed by atoms with Crippen LogP contribution >= 0.6 is 0 Å². The lowest BCUT2D eigenvalue weighted by molar-refractivity contribution is -0.124. The third-order valence-electron chi connectivity index (χ3n) is 4.79. The minimum absolute atomic E-state index is 0.00588. The summed E-state index contributed by atoms with van der Waals surface area (Å²) in [5, 5.41) is 5.86. The van der Waals surface area contributed by atoms with Gasteiger partial charge in [-0.15, -0.1) is 0 Å². The fourth-order valence-corrected chi connectivity index (χ4v) is 2.57. The molecule has 5 heteroatoms. The number of amides is 3. The first-order valence-electron chi connectivity index (χ1n) is 8.90. The van der Waals surface area contributed by atoms with Crippen molar-refractivity contribution in [2.24, 2.45) is 5.41 Å². The molecule has 1 aromatic rings. The standard InChI is InChI=1S/C19H29N3O2/c1-4-19(2,3)17(23)20-15-9-11-16(12-10-15)21-18(24)22-13-7-5-6-8-14-22/h9-12H,4-8,13-14H2,1-3H3,(H,20,23)(H,21,24). The minimum Gasteiger partial charge on any atom is -0.326 e. The molecule has 0 unspecified atom stereocenters. The maximum absolute atomic E-state index is 12.3. The smallest absolute Gasteiger partial charge is 0.321 e. The van der Waals surface area contributed by atoms with Crippen LogP contribution in [0.15, 0.2) is 24.3 Å². The summed E-state index contributed by atoms with van der Waals surface area (Å²) >= 11 is 0. The van der Waals surface area contributed by atoms with Crippen LogP contribution in [0.2, 0.25) is 0 Å². The van der Waals surface area contributed by atoms with Crippen LogP contribution in [0.1, 0.15) is 52.9 Å². The second kappa shape index (κ2) is 8.18. The first kappa shape index (κ1) is 18.3. The SMILES string of the molecule is CCC(C)(C)C(=O)Nc1ccc(NC(=O)N2CCCCCC2)cc1. The number of rotatable bonds is 4. The number of urea groups is 1. The summed E-state index contributed by atoms with van der Waals surface area (Å²) in [5.74, 6) is 0.00588. The molecule has 1 heterocycles. The Hall–Kier alpha value is -2.04. The summed E-state index contributed by atoms with van der Waals surface area (Å²) in [7, 11) is 0. The second-order valence-electron chi connectivity index (χ2n) is 7.10. The Kier molecular flexibility index (Phi) is 6.23. The second-order valence-corrected chi connectivity index (χ2v) is 7.10. The summed E-state index contributed by atoms with van der Waals surface area (Å²) in [6.45, 7) is 7.51. The predicted molar refractivity (Wildman–Crippen MR) is 98.2 cm³/mol. The van der Waals surface area contributed by atoms with Gasteiger partial charge >= 0.3 is 6.03 Å². The van der Waals surface area contributed by atoms with Crippen LogP contribution in [0.25, 0.3) is 0 Å². The number of likely N-dealkylation sites (tertiary alicyclic amines) is 1. The summed E-state index contributed by atoms with van der Waals surface area (Å²) < 4.78 is 0. The molecular weight excluding hydrogens is 302 g/mol. The molecule has 1 aliphatic rings. The van der Waals surface area contributed by atoms with Crippen LogP contribution in [0.4, 0.5) is 16.2 Å². The lowest BCUT2D eigenvalue weighted by atomic mass is 9.89. The molecule has 2 N–H and O–H groups in total. The number of benzene rings is 1. The topological polar surface area (TPSA) is 61.4 Å². The van der Waals surface area contributed by atoms with Crippen molar-refractivity contribution in [3.05, 3.63) is 24.3 Å². The van der Waals surface area contributed by atoms with Gasteiger partial charge in [-0.3, -0.25) is 4.79 Å². The summed E-state index contributed by atoms with van der Waals surface area (Å²) in [6, 6.07) is 7.25. The number of hydrogen-bond acceptors (Lipinski definition) is 2. The molecule has 132 valence electrons. The van der Waals surface area contributed by atoms with Gasteiger partial charge in [0.25, 0.3) is 0 Å². The lowest BCUT2D eigenvalue weighted by Crippen LogP contribution is -2.35. The van der Waals surface area contributed by atoms with E-state index in [-0.39, 0.29) is 17.4 Å². The van der Waals surface area contributed by atoms with Gasteiger partial charge in [-0.1, -0.05) is 33.6 Å².